The molecular formula is C23H33NO4. The molecule has 4 rings (SSSR count). The highest BCUT2D eigenvalue weighted by molar-refractivity contribution is 5.96. The molecule has 0 aromatic heterocycles. The zero-order chi connectivity index (χ0) is 20.3. The Labute approximate surface area is 167 Å². The van der Waals surface area contributed by atoms with E-state index in [9.17, 15) is 14.8 Å². The number of rotatable bonds is 2. The van der Waals surface area contributed by atoms with Crippen molar-refractivity contribution in [3.05, 3.63) is 11.6 Å². The largest absolute Gasteiger partial charge is 0.451 e. The summed E-state index contributed by atoms with van der Waals surface area (Å²) >= 11 is 0. The molecule has 4 aliphatic rings. The third-order valence-corrected chi connectivity index (χ3v) is 9.11. The number of hydrogen-bond donors (Lipinski definition) is 1. The number of carbonyl (C=O) groups excluding carboxylic acids is 2. The molecule has 0 amide bonds. The molecule has 0 bridgehead atoms. The molecule has 0 aliphatic heterocycles. The molecule has 5 nitrogen and oxygen atoms in total. The lowest BCUT2D eigenvalue weighted by atomic mass is 9.46. The fraction of sp³-hybridized carbons (Fsp3) is 0.783. The van der Waals surface area contributed by atoms with Crippen LogP contribution in [0.15, 0.2) is 16.8 Å². The maximum absolute atomic E-state index is 12.8. The lowest BCUT2D eigenvalue weighted by molar-refractivity contribution is -0.187. The monoisotopic (exact) mass is 387 g/mol. The van der Waals surface area contributed by atoms with Gasteiger partial charge in [0.2, 0.25) is 0 Å². The number of Topliss-reactive ketones (excluding diaryl/α,β-unsaturated/α-hetero) is 1. The Balaban J connectivity index is 1.69. The van der Waals surface area contributed by atoms with Crippen LogP contribution in [-0.2, 0) is 14.3 Å². The summed E-state index contributed by atoms with van der Waals surface area (Å²) in [6.07, 6.45) is 9.74. The number of ketones is 1. The van der Waals surface area contributed by atoms with Gasteiger partial charge in [-0.2, -0.15) is 0 Å². The van der Waals surface area contributed by atoms with Crippen LogP contribution < -0.4 is 0 Å². The van der Waals surface area contributed by atoms with E-state index in [1.54, 1.807) is 6.92 Å². The molecule has 0 unspecified atom stereocenters. The van der Waals surface area contributed by atoms with Crippen molar-refractivity contribution in [3.8, 4) is 0 Å². The quantitative estimate of drug-likeness (QED) is 0.424. The van der Waals surface area contributed by atoms with Crippen molar-refractivity contribution in [2.75, 3.05) is 0 Å². The van der Waals surface area contributed by atoms with Crippen LogP contribution in [0.2, 0.25) is 0 Å². The first-order valence-corrected chi connectivity index (χ1v) is 10.8. The highest BCUT2D eigenvalue weighted by atomic mass is 16.6. The zero-order valence-corrected chi connectivity index (χ0v) is 17.6. The Morgan fingerprint density at radius 3 is 2.43 bits per heavy atom. The number of allylic oxidation sites excluding steroid dienone is 2. The number of oxime groups is 1. The summed E-state index contributed by atoms with van der Waals surface area (Å²) in [5, 5.41) is 12.7. The Morgan fingerprint density at radius 2 is 1.79 bits per heavy atom. The van der Waals surface area contributed by atoms with Crippen molar-refractivity contribution < 1.29 is 19.5 Å². The normalized spacial score (nSPS) is 46.2. The maximum atomic E-state index is 12.8. The van der Waals surface area contributed by atoms with Crippen LogP contribution in [0.25, 0.3) is 0 Å². The van der Waals surface area contributed by atoms with E-state index in [4.69, 9.17) is 4.74 Å². The highest BCUT2D eigenvalue weighted by Gasteiger charge is 2.67. The topological polar surface area (TPSA) is 76.0 Å². The molecule has 28 heavy (non-hydrogen) atoms. The second kappa shape index (κ2) is 6.43. The summed E-state index contributed by atoms with van der Waals surface area (Å²) in [4.78, 5) is 24.7. The molecule has 3 fully saturated rings. The van der Waals surface area contributed by atoms with Crippen LogP contribution in [0.5, 0.6) is 0 Å². The molecular weight excluding hydrogens is 354 g/mol. The van der Waals surface area contributed by atoms with Gasteiger partial charge in [0.25, 0.3) is 0 Å². The molecule has 0 saturated heterocycles. The predicted molar refractivity (Wildman–Crippen MR) is 106 cm³/mol. The second-order valence-electron chi connectivity index (χ2n) is 10.1. The van der Waals surface area contributed by atoms with Gasteiger partial charge in [0.1, 0.15) is 0 Å². The zero-order valence-electron chi connectivity index (χ0n) is 17.6. The molecule has 0 spiro atoms. The van der Waals surface area contributed by atoms with Gasteiger partial charge in [0.15, 0.2) is 11.4 Å². The summed E-state index contributed by atoms with van der Waals surface area (Å²) in [6, 6.07) is 0. The molecule has 5 heteroatoms. The average Bonchev–Trinajstić information content (AvgIpc) is 2.94. The predicted octanol–water partition coefficient (Wildman–Crippen LogP) is 4.67. The van der Waals surface area contributed by atoms with Crippen LogP contribution in [-0.4, -0.2) is 28.3 Å². The van der Waals surface area contributed by atoms with Crippen molar-refractivity contribution in [3.63, 3.8) is 0 Å². The fourth-order valence-corrected chi connectivity index (χ4v) is 7.71. The van der Waals surface area contributed by atoms with E-state index in [0.29, 0.717) is 24.2 Å². The van der Waals surface area contributed by atoms with E-state index in [1.165, 1.54) is 12.5 Å². The summed E-state index contributed by atoms with van der Waals surface area (Å²) in [6.45, 7) is 7.62. The standard InChI is InChI=1S/C23H33NO4/c1-14(25)23(28-15(2)26)12-9-20-18-6-5-16-13-17(24-27)7-10-21(16,3)19(18)8-11-22(20,23)4/h13,18-20,27H,5-12H2,1-4H3/b24-17-/t18-,19+,20-,21+,22+,23+/m1/s1. The van der Waals surface area contributed by atoms with Gasteiger partial charge in [-0.3, -0.25) is 9.59 Å². The number of ether oxygens (including phenoxy) is 1. The van der Waals surface area contributed by atoms with Gasteiger partial charge < -0.3 is 9.94 Å². The van der Waals surface area contributed by atoms with Gasteiger partial charge >= 0.3 is 5.97 Å². The van der Waals surface area contributed by atoms with Crippen molar-refractivity contribution in [1.29, 1.82) is 0 Å². The molecule has 6 atom stereocenters. The van der Waals surface area contributed by atoms with Crippen LogP contribution in [0, 0.1) is 28.6 Å². The lowest BCUT2D eigenvalue weighted by Crippen LogP contribution is -2.58. The Kier molecular flexibility index (Phi) is 4.51. The van der Waals surface area contributed by atoms with Gasteiger partial charge in [0.05, 0.1) is 5.71 Å². The molecule has 0 radical (unpaired) electrons. The molecule has 0 heterocycles. The van der Waals surface area contributed by atoms with Crippen LogP contribution in [0.1, 0.15) is 79.1 Å². The molecule has 0 aromatic rings. The minimum absolute atomic E-state index is 0.00946. The Morgan fingerprint density at radius 1 is 1.07 bits per heavy atom. The number of hydrogen-bond acceptors (Lipinski definition) is 5. The first-order chi connectivity index (χ1) is 13.2. The minimum atomic E-state index is -0.950. The van der Waals surface area contributed by atoms with E-state index in [0.717, 1.165) is 50.7 Å². The van der Waals surface area contributed by atoms with E-state index in [2.05, 4.69) is 25.1 Å². The second-order valence-corrected chi connectivity index (χ2v) is 10.1. The summed E-state index contributed by atoms with van der Waals surface area (Å²) in [5.74, 6) is 1.23. The van der Waals surface area contributed by atoms with Crippen LogP contribution in [0.4, 0.5) is 0 Å². The van der Waals surface area contributed by atoms with Gasteiger partial charge in [-0.1, -0.05) is 24.6 Å². The number of carbonyl (C=O) groups is 2. The summed E-state index contributed by atoms with van der Waals surface area (Å²) in [7, 11) is 0. The first-order valence-electron chi connectivity index (χ1n) is 10.8. The third-order valence-electron chi connectivity index (χ3n) is 9.11. The SMILES string of the molecule is CC(=O)O[C@]1(C(C)=O)CC[C@@H]2[C@@H]3CCC4=C/C(=N\O)CC[C@]4(C)[C@H]3CC[C@@]21C. The van der Waals surface area contributed by atoms with Crippen molar-refractivity contribution in [2.45, 2.75) is 84.7 Å². The number of esters is 1. The van der Waals surface area contributed by atoms with Crippen molar-refractivity contribution >= 4 is 17.5 Å². The van der Waals surface area contributed by atoms with Crippen LogP contribution >= 0.6 is 0 Å². The number of nitrogens with zero attached hydrogens (tertiary/aromatic N) is 1. The molecule has 3 saturated carbocycles. The van der Waals surface area contributed by atoms with Crippen molar-refractivity contribution in [2.24, 2.45) is 33.7 Å². The summed E-state index contributed by atoms with van der Waals surface area (Å²) < 4.78 is 5.83. The fourth-order valence-electron chi connectivity index (χ4n) is 7.71. The lowest BCUT2D eigenvalue weighted by Gasteiger charge is -2.59. The van der Waals surface area contributed by atoms with E-state index >= 15 is 0 Å². The van der Waals surface area contributed by atoms with E-state index in [1.807, 2.05) is 0 Å². The number of fused-ring (bicyclic) bond motifs is 5. The minimum Gasteiger partial charge on any atom is -0.451 e. The van der Waals surface area contributed by atoms with E-state index in [-0.39, 0.29) is 22.6 Å². The van der Waals surface area contributed by atoms with Gasteiger partial charge in [-0.15, -0.1) is 0 Å². The van der Waals surface area contributed by atoms with Gasteiger partial charge in [-0.05, 0) is 87.5 Å². The third kappa shape index (κ3) is 2.47. The first kappa shape index (κ1) is 19.7. The van der Waals surface area contributed by atoms with Gasteiger partial charge in [0, 0.05) is 12.3 Å². The highest BCUT2D eigenvalue weighted by Crippen LogP contribution is 2.68. The smallest absolute Gasteiger partial charge is 0.303 e. The molecule has 0 aromatic carbocycles. The Bertz CT molecular complexity index is 771. The summed E-state index contributed by atoms with van der Waals surface area (Å²) in [5.41, 5.74) is 1.18. The van der Waals surface area contributed by atoms with Gasteiger partial charge in [-0.25, -0.2) is 0 Å². The van der Waals surface area contributed by atoms with E-state index < -0.39 is 5.60 Å². The maximum Gasteiger partial charge on any atom is 0.303 e. The molecule has 154 valence electrons. The van der Waals surface area contributed by atoms with Crippen LogP contribution in [0.3, 0.4) is 0 Å². The Hall–Kier alpha value is -1.65. The van der Waals surface area contributed by atoms with Crippen molar-refractivity contribution in [1.82, 2.24) is 0 Å². The molecule has 4 aliphatic carbocycles. The average molecular weight is 388 g/mol. The molecule has 1 N–H and O–H groups in total.